The Kier molecular flexibility index (Phi) is 3.62. The third-order valence-corrected chi connectivity index (χ3v) is 4.25. The standard InChI is InChI=1S/C17H13NO2S/c1-12-11-16(19)18(17(12)20)14-9-5-6-10-15(14)21-13-7-3-2-4-8-13/h2-11H,1H3. The van der Waals surface area contributed by atoms with E-state index in [0.717, 1.165) is 9.79 Å². The van der Waals surface area contributed by atoms with Crippen LogP contribution in [0, 0.1) is 0 Å². The minimum absolute atomic E-state index is 0.249. The fourth-order valence-corrected chi connectivity index (χ4v) is 3.12. The molecule has 0 bridgehead atoms. The molecule has 2 aromatic carbocycles. The molecule has 2 aromatic rings. The van der Waals surface area contributed by atoms with E-state index in [-0.39, 0.29) is 11.8 Å². The van der Waals surface area contributed by atoms with E-state index in [1.165, 1.54) is 22.7 Å². The maximum Gasteiger partial charge on any atom is 0.261 e. The summed E-state index contributed by atoms with van der Waals surface area (Å²) in [5, 5.41) is 0. The second kappa shape index (κ2) is 5.58. The quantitative estimate of drug-likeness (QED) is 0.811. The molecule has 1 aliphatic heterocycles. The van der Waals surface area contributed by atoms with E-state index in [1.54, 1.807) is 13.0 Å². The molecule has 2 amide bonds. The number of imide groups is 1. The predicted octanol–water partition coefficient (Wildman–Crippen LogP) is 3.66. The van der Waals surface area contributed by atoms with Gasteiger partial charge in [-0.05, 0) is 31.2 Å². The van der Waals surface area contributed by atoms with Crippen molar-refractivity contribution in [2.45, 2.75) is 16.7 Å². The van der Waals surface area contributed by atoms with E-state index < -0.39 is 0 Å². The lowest BCUT2D eigenvalue weighted by Crippen LogP contribution is -2.30. The van der Waals surface area contributed by atoms with Crippen LogP contribution in [-0.2, 0) is 9.59 Å². The molecule has 0 unspecified atom stereocenters. The summed E-state index contributed by atoms with van der Waals surface area (Å²) < 4.78 is 0. The number of carbonyl (C=O) groups excluding carboxylic acids is 2. The second-order valence-electron chi connectivity index (χ2n) is 4.69. The first-order chi connectivity index (χ1) is 10.2. The molecule has 0 N–H and O–H groups in total. The number of nitrogens with zero attached hydrogens (tertiary/aromatic N) is 1. The molecule has 0 saturated heterocycles. The number of carbonyl (C=O) groups is 2. The Balaban J connectivity index is 1.98. The molecule has 0 aliphatic carbocycles. The van der Waals surface area contributed by atoms with Gasteiger partial charge in [0.25, 0.3) is 11.8 Å². The highest BCUT2D eigenvalue weighted by atomic mass is 32.2. The van der Waals surface area contributed by atoms with Crippen LogP contribution in [0.2, 0.25) is 0 Å². The minimum atomic E-state index is -0.279. The smallest absolute Gasteiger partial charge is 0.261 e. The van der Waals surface area contributed by atoms with Crippen molar-refractivity contribution < 1.29 is 9.59 Å². The average Bonchev–Trinajstić information content (AvgIpc) is 2.74. The number of hydrogen-bond donors (Lipinski definition) is 0. The van der Waals surface area contributed by atoms with Gasteiger partial charge in [-0.25, -0.2) is 4.90 Å². The number of hydrogen-bond acceptors (Lipinski definition) is 3. The van der Waals surface area contributed by atoms with Gasteiger partial charge in [-0.3, -0.25) is 9.59 Å². The molecule has 3 rings (SSSR count). The summed E-state index contributed by atoms with van der Waals surface area (Å²) in [5.41, 5.74) is 1.11. The van der Waals surface area contributed by atoms with Gasteiger partial charge in [0, 0.05) is 21.4 Å². The Morgan fingerprint density at radius 3 is 2.24 bits per heavy atom. The van der Waals surface area contributed by atoms with Crippen molar-refractivity contribution in [1.82, 2.24) is 0 Å². The lowest BCUT2D eigenvalue weighted by atomic mass is 10.3. The van der Waals surface area contributed by atoms with Crippen molar-refractivity contribution in [1.29, 1.82) is 0 Å². The number of anilines is 1. The van der Waals surface area contributed by atoms with E-state index in [2.05, 4.69) is 0 Å². The Bertz CT molecular complexity index is 737. The van der Waals surface area contributed by atoms with Gasteiger partial charge in [-0.1, -0.05) is 42.1 Å². The van der Waals surface area contributed by atoms with Crippen molar-refractivity contribution in [3.63, 3.8) is 0 Å². The lowest BCUT2D eigenvalue weighted by Gasteiger charge is -2.18. The van der Waals surface area contributed by atoms with Crippen molar-refractivity contribution in [2.24, 2.45) is 0 Å². The number of rotatable bonds is 3. The largest absolute Gasteiger partial charge is 0.269 e. The second-order valence-corrected chi connectivity index (χ2v) is 5.80. The first-order valence-electron chi connectivity index (χ1n) is 6.55. The summed E-state index contributed by atoms with van der Waals surface area (Å²) in [7, 11) is 0. The normalized spacial score (nSPS) is 14.5. The number of benzene rings is 2. The van der Waals surface area contributed by atoms with E-state index in [1.807, 2.05) is 48.5 Å². The van der Waals surface area contributed by atoms with Crippen LogP contribution in [-0.4, -0.2) is 11.8 Å². The lowest BCUT2D eigenvalue weighted by molar-refractivity contribution is -0.120. The van der Waals surface area contributed by atoms with E-state index in [9.17, 15) is 9.59 Å². The highest BCUT2D eigenvalue weighted by molar-refractivity contribution is 7.99. The summed E-state index contributed by atoms with van der Waals surface area (Å²) in [4.78, 5) is 27.4. The summed E-state index contributed by atoms with van der Waals surface area (Å²) >= 11 is 1.54. The predicted molar refractivity (Wildman–Crippen MR) is 83.3 cm³/mol. The zero-order valence-corrected chi connectivity index (χ0v) is 12.3. The summed E-state index contributed by atoms with van der Waals surface area (Å²) in [6.45, 7) is 1.66. The van der Waals surface area contributed by atoms with Crippen molar-refractivity contribution in [2.75, 3.05) is 4.90 Å². The molecule has 104 valence electrons. The molecule has 3 nitrogen and oxygen atoms in total. The van der Waals surface area contributed by atoms with E-state index in [0.29, 0.717) is 11.3 Å². The van der Waals surface area contributed by atoms with Gasteiger partial charge >= 0.3 is 0 Å². The van der Waals surface area contributed by atoms with Crippen LogP contribution in [0.4, 0.5) is 5.69 Å². The molecule has 0 spiro atoms. The Morgan fingerprint density at radius 1 is 0.905 bits per heavy atom. The van der Waals surface area contributed by atoms with Crippen LogP contribution in [0.15, 0.2) is 76.0 Å². The third-order valence-electron chi connectivity index (χ3n) is 3.18. The maximum absolute atomic E-state index is 12.1. The van der Waals surface area contributed by atoms with Gasteiger partial charge in [0.1, 0.15) is 0 Å². The molecule has 4 heteroatoms. The average molecular weight is 295 g/mol. The molecule has 1 aliphatic rings. The Hall–Kier alpha value is -2.33. The van der Waals surface area contributed by atoms with Crippen LogP contribution in [0.25, 0.3) is 0 Å². The molecular weight excluding hydrogens is 282 g/mol. The van der Waals surface area contributed by atoms with Crippen molar-refractivity contribution >= 4 is 29.3 Å². The highest BCUT2D eigenvalue weighted by Gasteiger charge is 2.31. The van der Waals surface area contributed by atoms with E-state index >= 15 is 0 Å². The SMILES string of the molecule is CC1=CC(=O)N(c2ccccc2Sc2ccccc2)C1=O. The van der Waals surface area contributed by atoms with Crippen LogP contribution in [0.3, 0.4) is 0 Å². The summed E-state index contributed by atoms with van der Waals surface area (Å²) in [5.74, 6) is -0.528. The first kappa shape index (κ1) is 13.6. The van der Waals surface area contributed by atoms with Gasteiger partial charge in [0.15, 0.2) is 0 Å². The van der Waals surface area contributed by atoms with Gasteiger partial charge < -0.3 is 0 Å². The van der Waals surface area contributed by atoms with Crippen molar-refractivity contribution in [3.05, 3.63) is 66.2 Å². The topological polar surface area (TPSA) is 37.4 Å². The number of para-hydroxylation sites is 1. The molecule has 0 fully saturated rings. The van der Waals surface area contributed by atoms with Gasteiger partial charge in [-0.2, -0.15) is 0 Å². The molecule has 21 heavy (non-hydrogen) atoms. The first-order valence-corrected chi connectivity index (χ1v) is 7.37. The highest BCUT2D eigenvalue weighted by Crippen LogP contribution is 2.36. The molecule has 0 radical (unpaired) electrons. The Morgan fingerprint density at radius 2 is 1.57 bits per heavy atom. The van der Waals surface area contributed by atoms with Gasteiger partial charge in [-0.15, -0.1) is 0 Å². The summed E-state index contributed by atoms with van der Waals surface area (Å²) in [6.07, 6.45) is 1.38. The van der Waals surface area contributed by atoms with Gasteiger partial charge in [0.2, 0.25) is 0 Å². The van der Waals surface area contributed by atoms with Crippen LogP contribution < -0.4 is 4.90 Å². The maximum atomic E-state index is 12.1. The van der Waals surface area contributed by atoms with Crippen molar-refractivity contribution in [3.8, 4) is 0 Å². The fraction of sp³-hybridized carbons (Fsp3) is 0.0588. The van der Waals surface area contributed by atoms with Crippen LogP contribution in [0.5, 0.6) is 0 Å². The molecule has 0 saturated carbocycles. The zero-order valence-electron chi connectivity index (χ0n) is 11.4. The third kappa shape index (κ3) is 2.62. The number of amides is 2. The molecule has 0 aromatic heterocycles. The molecule has 0 atom stereocenters. The minimum Gasteiger partial charge on any atom is -0.269 e. The van der Waals surface area contributed by atoms with Crippen LogP contribution >= 0.6 is 11.8 Å². The fourth-order valence-electron chi connectivity index (χ4n) is 2.16. The van der Waals surface area contributed by atoms with Crippen LogP contribution in [0.1, 0.15) is 6.92 Å². The van der Waals surface area contributed by atoms with Gasteiger partial charge in [0.05, 0.1) is 5.69 Å². The Labute approximate surface area is 127 Å². The molecular formula is C17H13NO2S. The van der Waals surface area contributed by atoms with E-state index in [4.69, 9.17) is 0 Å². The zero-order chi connectivity index (χ0) is 14.8. The summed E-state index contributed by atoms with van der Waals surface area (Å²) in [6, 6.07) is 17.3. The molecule has 1 heterocycles. The monoisotopic (exact) mass is 295 g/mol.